The zero-order chi connectivity index (χ0) is 105. The van der Waals surface area contributed by atoms with E-state index in [-0.39, 0.29) is 124 Å². The SMILES string of the molecule is CCCCCCCCCCCN(C(=O)CCCCCCCCCC(=O)O)[C@H](CCC(=O)NCCOCCOCCOCCOCCOCCOCCOCCOCCOCCOCCOCCOCCC(=O)NCC(=O)OC(C)(C)c1ccc(C(=O)Nc2cc(F)cc(-c3ncnc4[nH]c(-c5ccc(CCN6CCC7(CC6)CCN(C(=O)c6ccc(OC)c(N8CCC(=O)NC8=O)c6)CC7)cc5)cc34)c2C)c(F)c1)C(=O)O. The molecule has 0 radical (unpaired) electrons. The van der Waals surface area contributed by atoms with Gasteiger partial charge in [-0.3, -0.25) is 48.6 Å². The monoisotopic (exact) mass is 2060 g/mol. The highest BCUT2D eigenvalue weighted by atomic mass is 19.1. The van der Waals surface area contributed by atoms with Crippen LogP contribution in [-0.4, -0.2) is 330 Å². The number of hydrogen-bond acceptors (Lipinski definition) is 27. The highest BCUT2D eigenvalue weighted by Crippen LogP contribution is 2.43. The maximum absolute atomic E-state index is 16.0. The summed E-state index contributed by atoms with van der Waals surface area (Å²) in [7, 11) is 1.50. The van der Waals surface area contributed by atoms with Gasteiger partial charge >= 0.3 is 23.9 Å². The van der Waals surface area contributed by atoms with Crippen LogP contribution in [0.5, 0.6) is 5.75 Å². The molecule has 0 unspecified atom stereocenters. The molecule has 3 fully saturated rings. The number of ether oxygens (including phenoxy) is 14. The van der Waals surface area contributed by atoms with Gasteiger partial charge in [0.15, 0.2) is 0 Å². The van der Waals surface area contributed by atoms with Crippen LogP contribution in [0.1, 0.15) is 225 Å². The number of aliphatic carboxylic acids is 2. The Morgan fingerprint density at radius 1 is 0.558 bits per heavy atom. The van der Waals surface area contributed by atoms with Crippen LogP contribution in [0, 0.1) is 24.0 Å². The van der Waals surface area contributed by atoms with E-state index < -0.39 is 65.6 Å². The molecule has 3 saturated heterocycles. The van der Waals surface area contributed by atoms with E-state index in [1.165, 1.54) is 79.1 Å². The van der Waals surface area contributed by atoms with Crippen LogP contribution in [0.3, 0.4) is 0 Å². The van der Waals surface area contributed by atoms with Gasteiger partial charge in [0.2, 0.25) is 23.6 Å². The van der Waals surface area contributed by atoms with Gasteiger partial charge < -0.3 is 112 Å². The number of halogens is 2. The van der Waals surface area contributed by atoms with E-state index in [1.54, 1.807) is 39.0 Å². The second kappa shape index (κ2) is 68.1. The number of fused-ring (bicyclic) bond motifs is 1. The molecule has 39 heteroatoms. The van der Waals surface area contributed by atoms with Gasteiger partial charge in [-0.15, -0.1) is 0 Å². The summed E-state index contributed by atoms with van der Waals surface area (Å²) in [5.74, 6) is -6.07. The Balaban J connectivity index is 0.512. The molecule has 4 aromatic carbocycles. The number of anilines is 2. The highest BCUT2D eigenvalue weighted by molar-refractivity contribution is 6.08. The number of esters is 1. The van der Waals surface area contributed by atoms with Crippen LogP contribution < -0.4 is 30.9 Å². The van der Waals surface area contributed by atoms with Gasteiger partial charge in [0, 0.05) is 99.3 Å². The number of H-pyrrole nitrogens is 1. The number of imide groups is 1. The molecule has 5 heterocycles. The smallest absolute Gasteiger partial charge is 0.328 e. The first-order valence-electron chi connectivity index (χ1n) is 52.4. The first-order valence-corrected chi connectivity index (χ1v) is 52.4. The molecule has 8 amide bonds. The summed E-state index contributed by atoms with van der Waals surface area (Å²) >= 11 is 0. The molecule has 3 aliphatic heterocycles. The summed E-state index contributed by atoms with van der Waals surface area (Å²) in [6, 6.07) is 19.9. The zero-order valence-electron chi connectivity index (χ0n) is 86.7. The van der Waals surface area contributed by atoms with E-state index in [0.717, 1.165) is 126 Å². The predicted octanol–water partition coefficient (Wildman–Crippen LogP) is 13.9. The molecule has 6 aromatic rings. The highest BCUT2D eigenvalue weighted by Gasteiger charge is 2.40. The first-order chi connectivity index (χ1) is 71.3. The van der Waals surface area contributed by atoms with E-state index in [0.29, 0.717) is 216 Å². The summed E-state index contributed by atoms with van der Waals surface area (Å²) in [5.41, 5.74) is 4.32. The standard InChI is InChI=1S/C108H157F2N11O26/c1-6-7-8-9-10-11-15-18-21-42-120(98(125)22-19-16-13-12-14-17-20-23-99(126)127)92(105(131)132)31-33-95(122)111-41-50-136-52-54-138-56-58-140-60-62-142-64-66-144-68-70-146-72-71-145-69-67-143-65-63-141-61-59-139-57-55-137-53-51-135-49-36-96(123)112-78-100(128)147-107(3,4)84-29-30-86(89(110)74-84)103(129)116-90-76-85(109)75-87(80(90)2)101-88-77-91(115-102(88)114-79-113-101)82-26-24-81(25-27-82)34-43-118-45-37-108(38-46-118)39-47-119(48-40-108)104(130)83-28-32-94(134-5)93(73-83)121-44-35-97(124)117-106(121)133/h24-30,32,73-77,79,92H,6-23,31,33-72,78H2,1-5H3,(H,111,122)(H,112,123)(H,116,129)(H,126,127)(H,131,132)(H,113,114,115)(H,117,124,133)/t92-/m1/s1. The Morgan fingerprint density at radius 2 is 1.08 bits per heavy atom. The Morgan fingerprint density at radius 3 is 1.62 bits per heavy atom. The molecule has 814 valence electrons. The topological polar surface area (TPSA) is 443 Å². The molecular formula is C108H157F2N11O26. The summed E-state index contributed by atoms with van der Waals surface area (Å²) in [4.78, 5) is 147. The quantitative estimate of drug-likeness (QED) is 0.0138. The van der Waals surface area contributed by atoms with Crippen molar-refractivity contribution in [3.63, 3.8) is 0 Å². The zero-order valence-corrected chi connectivity index (χ0v) is 86.7. The second-order valence-electron chi connectivity index (χ2n) is 37.6. The van der Waals surface area contributed by atoms with Gasteiger partial charge in [0.05, 0.1) is 183 Å². The minimum Gasteiger partial charge on any atom is -0.495 e. The lowest BCUT2D eigenvalue weighted by atomic mass is 9.71. The Labute approximate surface area is 862 Å². The molecule has 0 aliphatic carbocycles. The molecule has 1 spiro atoms. The maximum atomic E-state index is 16.0. The van der Waals surface area contributed by atoms with Crippen molar-refractivity contribution in [1.29, 1.82) is 0 Å². The maximum Gasteiger partial charge on any atom is 0.328 e. The van der Waals surface area contributed by atoms with Crippen LogP contribution in [0.15, 0.2) is 85.2 Å². The number of unbranched alkanes of at least 4 members (excludes halogenated alkanes) is 14. The third kappa shape index (κ3) is 44.2. The number of urea groups is 1. The summed E-state index contributed by atoms with van der Waals surface area (Å²) in [6.45, 7) is 20.0. The normalized spacial score (nSPS) is 14.1. The number of rotatable bonds is 78. The number of hydrogen-bond donors (Lipinski definition) is 7. The molecule has 147 heavy (non-hydrogen) atoms. The third-order valence-corrected chi connectivity index (χ3v) is 26.3. The van der Waals surface area contributed by atoms with Crippen molar-refractivity contribution in [3.8, 4) is 28.3 Å². The molecule has 2 aromatic heterocycles. The van der Waals surface area contributed by atoms with Crippen molar-refractivity contribution in [3.05, 3.63) is 125 Å². The molecule has 0 saturated carbocycles. The number of piperidine rings is 2. The number of methoxy groups -OCH3 is 1. The van der Waals surface area contributed by atoms with Crippen LogP contribution >= 0.6 is 0 Å². The average Bonchev–Trinajstić information content (AvgIpc) is 1.37. The van der Waals surface area contributed by atoms with E-state index in [2.05, 4.69) is 60.2 Å². The number of likely N-dealkylation sites (tertiary alicyclic amines) is 2. The Hall–Kier alpha value is -10.7. The molecule has 3 aliphatic rings. The molecular weight excluding hydrogens is 1910 g/mol. The molecule has 1 atom stereocenters. The van der Waals surface area contributed by atoms with Crippen molar-refractivity contribution in [1.82, 2.24) is 45.6 Å². The summed E-state index contributed by atoms with van der Waals surface area (Å²) < 4.78 is 109. The Kier molecular flexibility index (Phi) is 55.6. The van der Waals surface area contributed by atoms with Crippen LogP contribution in [0.4, 0.5) is 25.0 Å². The van der Waals surface area contributed by atoms with Crippen LogP contribution in [0.25, 0.3) is 33.5 Å². The van der Waals surface area contributed by atoms with E-state index in [4.69, 9.17) is 71.4 Å². The predicted molar refractivity (Wildman–Crippen MR) is 548 cm³/mol. The molecule has 9 rings (SSSR count). The molecule has 7 N–H and O–H groups in total. The Bertz CT molecular complexity index is 4980. The fraction of sp³-hybridized carbons (Fsp3) is 0.630. The number of nitrogens with one attached hydrogen (secondary N) is 5. The van der Waals surface area contributed by atoms with Gasteiger partial charge in [0.25, 0.3) is 11.8 Å². The molecule has 37 nitrogen and oxygen atoms in total. The fourth-order valence-electron chi connectivity index (χ4n) is 17.7. The van der Waals surface area contributed by atoms with Crippen molar-refractivity contribution in [2.45, 2.75) is 213 Å². The lowest BCUT2D eigenvalue weighted by Crippen LogP contribution is -2.50. The van der Waals surface area contributed by atoms with Gasteiger partial charge in [-0.25, -0.2) is 28.3 Å². The second-order valence-corrected chi connectivity index (χ2v) is 37.6. The number of aromatic amines is 1. The number of benzene rings is 4. The fourth-order valence-corrected chi connectivity index (χ4v) is 17.7. The number of amides is 8. The van der Waals surface area contributed by atoms with Crippen LogP contribution in [-0.2, 0) is 107 Å². The number of carboxylic acids is 2. The van der Waals surface area contributed by atoms with Crippen molar-refractivity contribution < 1.29 is 133 Å². The molecule has 0 bridgehead atoms. The summed E-state index contributed by atoms with van der Waals surface area (Å²) in [5, 5.41) is 30.0. The minimum absolute atomic E-state index is 0.0159. The van der Waals surface area contributed by atoms with E-state index in [1.807, 2.05) is 23.1 Å². The number of nitrogens with zero attached hydrogens (tertiary/aromatic N) is 6. The van der Waals surface area contributed by atoms with E-state index >= 15 is 8.78 Å². The lowest BCUT2D eigenvalue weighted by molar-refractivity contribution is -0.157. The number of aromatic nitrogens is 3. The van der Waals surface area contributed by atoms with Gasteiger partial charge in [-0.2, -0.15) is 0 Å². The summed E-state index contributed by atoms with van der Waals surface area (Å²) in [6.07, 6.45) is 22.4. The average molecular weight is 2060 g/mol. The van der Waals surface area contributed by atoms with Gasteiger partial charge in [0.1, 0.15) is 47.5 Å². The number of carboxylic acid groups (broad SMARTS) is 2. The van der Waals surface area contributed by atoms with Crippen molar-refractivity contribution in [2.24, 2.45) is 5.41 Å². The number of carbonyl (C=O) groups excluding carboxylic acids is 8. The number of carbonyl (C=O) groups is 10. The third-order valence-electron chi connectivity index (χ3n) is 26.3. The largest absolute Gasteiger partial charge is 0.495 e. The minimum atomic E-state index is -1.39. The van der Waals surface area contributed by atoms with Crippen LogP contribution in [0.2, 0.25) is 0 Å². The van der Waals surface area contributed by atoms with Crippen molar-refractivity contribution >= 4 is 81.8 Å². The van der Waals surface area contributed by atoms with Gasteiger partial charge in [-0.05, 0) is 168 Å². The first kappa shape index (κ1) is 120. The van der Waals surface area contributed by atoms with Crippen molar-refractivity contribution in [2.75, 3.05) is 235 Å². The lowest BCUT2D eigenvalue weighted by Gasteiger charge is -2.47. The van der Waals surface area contributed by atoms with E-state index in [9.17, 15) is 53.1 Å². The van der Waals surface area contributed by atoms with Gasteiger partial charge in [-0.1, -0.05) is 121 Å².